The first-order chi connectivity index (χ1) is 11.1. The van der Waals surface area contributed by atoms with Gasteiger partial charge in [0.15, 0.2) is 6.10 Å². The summed E-state index contributed by atoms with van der Waals surface area (Å²) >= 11 is 0. The lowest BCUT2D eigenvalue weighted by Gasteiger charge is -2.38. The van der Waals surface area contributed by atoms with E-state index in [0.29, 0.717) is 0 Å². The van der Waals surface area contributed by atoms with E-state index in [1.165, 1.54) is 0 Å². The van der Waals surface area contributed by atoms with Crippen molar-refractivity contribution in [3.8, 4) is 5.75 Å². The van der Waals surface area contributed by atoms with E-state index in [9.17, 15) is 20.1 Å². The Morgan fingerprint density at radius 2 is 1.79 bits per heavy atom. The second-order valence-corrected chi connectivity index (χ2v) is 3.81. The lowest BCUT2D eigenvalue weighted by atomic mass is 9.99. The van der Waals surface area contributed by atoms with Gasteiger partial charge in [0.2, 0.25) is 6.29 Å². The molecule has 1 saturated heterocycles. The van der Waals surface area contributed by atoms with Gasteiger partial charge in [-0.15, -0.1) is 0 Å². The minimum absolute atomic E-state index is 0.665. The van der Waals surface area contributed by atoms with Crippen LogP contribution in [0.25, 0.3) is 0 Å². The highest BCUT2D eigenvalue weighted by molar-refractivity contribution is 5.73. The van der Waals surface area contributed by atoms with Crippen LogP contribution in [0.1, 0.15) is 6.85 Å². The summed E-state index contributed by atoms with van der Waals surface area (Å²) < 4.78 is 47.7. The molecular weight excluding hydrogens is 256 g/mol. The summed E-state index contributed by atoms with van der Waals surface area (Å²) in [5.74, 6) is -2.32. The average Bonchev–Trinajstić information content (AvgIpc) is 2.54. The summed E-state index contributed by atoms with van der Waals surface area (Å²) in [6, 6.07) is -3.53. The summed E-state index contributed by atoms with van der Waals surface area (Å²) in [4.78, 5) is 11.0. The number of aliphatic hydroxyl groups excluding tert-OH is 3. The van der Waals surface area contributed by atoms with Gasteiger partial charge in [-0.3, -0.25) is 0 Å². The van der Waals surface area contributed by atoms with Crippen LogP contribution in [0.15, 0.2) is 30.2 Å². The van der Waals surface area contributed by atoms with E-state index in [1.807, 2.05) is 0 Å². The van der Waals surface area contributed by atoms with Crippen molar-refractivity contribution in [3.63, 3.8) is 0 Å². The van der Waals surface area contributed by atoms with Crippen LogP contribution in [0.3, 0.4) is 0 Å². The van der Waals surface area contributed by atoms with Gasteiger partial charge in [-0.25, -0.2) is 4.79 Å². The molecule has 7 heteroatoms. The highest BCUT2D eigenvalue weighted by Crippen LogP contribution is 2.24. The Morgan fingerprint density at radius 1 is 1.16 bits per heavy atom. The van der Waals surface area contributed by atoms with Crippen molar-refractivity contribution in [2.24, 2.45) is 0 Å². The van der Waals surface area contributed by atoms with Gasteiger partial charge in [-0.05, 0) is 12.1 Å². The van der Waals surface area contributed by atoms with E-state index < -0.39 is 72.6 Å². The van der Waals surface area contributed by atoms with E-state index in [-0.39, 0.29) is 0 Å². The zero-order chi connectivity index (χ0) is 18.3. The SMILES string of the molecule is [2H]c1c([2H])c([2H])c(O[C@@H]2OC(C(=O)O)[C@@H](O)[C@H](O)[C@@H]2O)c([2H])c1[2H]. The van der Waals surface area contributed by atoms with Gasteiger partial charge in [0, 0.05) is 0 Å². The minimum Gasteiger partial charge on any atom is -0.479 e. The second kappa shape index (κ2) is 5.54. The minimum atomic E-state index is -1.94. The van der Waals surface area contributed by atoms with Crippen molar-refractivity contribution >= 4 is 5.97 Å². The smallest absolute Gasteiger partial charge is 0.335 e. The zero-order valence-electron chi connectivity index (χ0n) is 14.4. The Labute approximate surface area is 115 Å². The molecule has 0 aliphatic carbocycles. The number of para-hydroxylation sites is 1. The molecule has 5 atom stereocenters. The normalized spacial score (nSPS) is 38.5. The topological polar surface area (TPSA) is 116 Å². The molecule has 0 spiro atoms. The van der Waals surface area contributed by atoms with Gasteiger partial charge in [0.05, 0.1) is 6.85 Å². The second-order valence-electron chi connectivity index (χ2n) is 3.81. The van der Waals surface area contributed by atoms with Crippen LogP contribution < -0.4 is 4.74 Å². The quantitative estimate of drug-likeness (QED) is 0.556. The number of aliphatic carboxylic acids is 1. The Balaban J connectivity index is 2.39. The molecular formula is C12H14O7. The Bertz CT molecular complexity index is 641. The molecule has 1 aromatic carbocycles. The van der Waals surface area contributed by atoms with Crippen molar-refractivity contribution in [3.05, 3.63) is 30.2 Å². The number of benzene rings is 1. The fourth-order valence-corrected chi connectivity index (χ4v) is 1.56. The van der Waals surface area contributed by atoms with Crippen molar-refractivity contribution in [2.75, 3.05) is 0 Å². The van der Waals surface area contributed by atoms with Crippen LogP contribution in [0.4, 0.5) is 0 Å². The molecule has 1 unspecified atom stereocenters. The maximum atomic E-state index is 11.0. The molecule has 0 saturated carbocycles. The van der Waals surface area contributed by atoms with E-state index in [1.54, 1.807) is 0 Å². The van der Waals surface area contributed by atoms with Crippen molar-refractivity contribution < 1.29 is 41.5 Å². The van der Waals surface area contributed by atoms with Gasteiger partial charge in [-0.2, -0.15) is 0 Å². The first kappa shape index (κ1) is 8.49. The molecule has 1 heterocycles. The predicted molar refractivity (Wildman–Crippen MR) is 61.4 cm³/mol. The van der Waals surface area contributed by atoms with Crippen molar-refractivity contribution in [2.45, 2.75) is 30.7 Å². The molecule has 0 radical (unpaired) electrons. The van der Waals surface area contributed by atoms with E-state index in [4.69, 9.17) is 21.4 Å². The third-order valence-electron chi connectivity index (χ3n) is 2.52. The maximum Gasteiger partial charge on any atom is 0.335 e. The van der Waals surface area contributed by atoms with Crippen LogP contribution >= 0.6 is 0 Å². The molecule has 104 valence electrons. The van der Waals surface area contributed by atoms with Gasteiger partial charge in [0.1, 0.15) is 24.1 Å². The summed E-state index contributed by atoms with van der Waals surface area (Å²) in [5, 5.41) is 38.0. The molecule has 19 heavy (non-hydrogen) atoms. The highest BCUT2D eigenvalue weighted by Gasteiger charge is 2.48. The number of ether oxygens (including phenoxy) is 2. The molecule has 1 fully saturated rings. The lowest BCUT2D eigenvalue weighted by molar-refractivity contribution is -0.271. The summed E-state index contributed by atoms with van der Waals surface area (Å²) in [6.45, 7) is 0. The van der Waals surface area contributed by atoms with Crippen LogP contribution in [0.2, 0.25) is 0 Å². The first-order valence-electron chi connectivity index (χ1n) is 7.74. The number of rotatable bonds is 3. The standard InChI is InChI=1S/C12H14O7/c13-7-8(14)10(11(16)17)19-12(9(7)15)18-6-4-2-1-3-5-6/h1-5,7-10,12-15H,(H,16,17)/t7-,8-,9-,10?,12+/m0/s1/i1D,2D,3D,4D,5D. The fraction of sp³-hybridized carbons (Fsp3) is 0.417. The van der Waals surface area contributed by atoms with Crippen molar-refractivity contribution in [1.29, 1.82) is 0 Å². The number of carboxylic acids is 1. The van der Waals surface area contributed by atoms with Gasteiger partial charge in [0.25, 0.3) is 0 Å². The Kier molecular flexibility index (Phi) is 2.47. The first-order valence-corrected chi connectivity index (χ1v) is 5.24. The van der Waals surface area contributed by atoms with Crippen LogP contribution in [-0.2, 0) is 9.53 Å². The molecule has 0 aromatic heterocycles. The molecule has 7 nitrogen and oxygen atoms in total. The third-order valence-corrected chi connectivity index (χ3v) is 2.52. The van der Waals surface area contributed by atoms with Crippen LogP contribution in [0.5, 0.6) is 5.75 Å². The Morgan fingerprint density at radius 3 is 2.37 bits per heavy atom. The molecule has 1 aliphatic rings. The van der Waals surface area contributed by atoms with Crippen LogP contribution in [-0.4, -0.2) is 57.1 Å². The molecule has 1 aromatic rings. The molecule has 0 amide bonds. The maximum absolute atomic E-state index is 11.0. The lowest BCUT2D eigenvalue weighted by Crippen LogP contribution is -2.61. The fourth-order valence-electron chi connectivity index (χ4n) is 1.56. The van der Waals surface area contributed by atoms with E-state index in [0.717, 1.165) is 0 Å². The van der Waals surface area contributed by atoms with Crippen molar-refractivity contribution in [1.82, 2.24) is 0 Å². The molecule has 2 rings (SSSR count). The third kappa shape index (κ3) is 2.85. The van der Waals surface area contributed by atoms with Gasteiger partial charge < -0.3 is 29.9 Å². The van der Waals surface area contributed by atoms with E-state index >= 15 is 0 Å². The largest absolute Gasteiger partial charge is 0.479 e. The van der Waals surface area contributed by atoms with E-state index in [2.05, 4.69) is 0 Å². The Hall–Kier alpha value is -1.67. The number of aliphatic hydroxyl groups is 3. The molecule has 1 aliphatic heterocycles. The van der Waals surface area contributed by atoms with Gasteiger partial charge in [-0.1, -0.05) is 18.1 Å². The highest BCUT2D eigenvalue weighted by atomic mass is 16.7. The summed E-state index contributed by atoms with van der Waals surface area (Å²) in [7, 11) is 0. The molecule has 4 N–H and O–H groups in total. The zero-order valence-corrected chi connectivity index (χ0v) is 9.40. The monoisotopic (exact) mass is 275 g/mol. The summed E-state index contributed by atoms with van der Waals surface area (Å²) in [6.07, 6.45) is -9.58. The number of hydrogen-bond donors (Lipinski definition) is 4. The number of hydrogen-bond acceptors (Lipinski definition) is 6. The predicted octanol–water partition coefficient (Wildman–Crippen LogP) is -1.04. The molecule has 0 bridgehead atoms. The summed E-state index contributed by atoms with van der Waals surface area (Å²) in [5.41, 5.74) is 0. The number of carboxylic acid groups (broad SMARTS) is 1. The average molecular weight is 275 g/mol. The van der Waals surface area contributed by atoms with Gasteiger partial charge >= 0.3 is 5.97 Å². The van der Waals surface area contributed by atoms with Crippen LogP contribution in [0, 0.1) is 0 Å². The number of carbonyl (C=O) groups is 1.